The lowest BCUT2D eigenvalue weighted by molar-refractivity contribution is 0.641. The molecule has 0 fully saturated rings. The molecule has 2 rings (SSSR count). The fourth-order valence-electron chi connectivity index (χ4n) is 1.72. The molecule has 0 spiro atoms. The molecule has 0 aromatic heterocycles. The fraction of sp³-hybridized carbons (Fsp3) is 0.231. The molecular weight excluding hydrogens is 184 g/mol. The van der Waals surface area contributed by atoms with Crippen molar-refractivity contribution >= 4 is 11.4 Å². The quantitative estimate of drug-likeness (QED) is 0.720. The van der Waals surface area contributed by atoms with E-state index >= 15 is 0 Å². The third kappa shape index (κ3) is 2.40. The van der Waals surface area contributed by atoms with E-state index in [2.05, 4.69) is 36.5 Å². The normalized spacial score (nSPS) is 24.1. The van der Waals surface area contributed by atoms with Crippen LogP contribution in [0.3, 0.4) is 0 Å². The van der Waals surface area contributed by atoms with Crippen molar-refractivity contribution in [1.29, 1.82) is 0 Å². The largest absolute Gasteiger partial charge is 0.399 e. The van der Waals surface area contributed by atoms with Gasteiger partial charge in [-0.3, -0.25) is 0 Å². The summed E-state index contributed by atoms with van der Waals surface area (Å²) >= 11 is 0. The highest BCUT2D eigenvalue weighted by Gasteiger charge is 2.19. The van der Waals surface area contributed by atoms with Crippen LogP contribution >= 0.6 is 0 Å². The molecule has 0 saturated carbocycles. The van der Waals surface area contributed by atoms with Gasteiger partial charge < -0.3 is 11.1 Å². The summed E-state index contributed by atoms with van der Waals surface area (Å²) < 4.78 is 0. The Bertz CT molecular complexity index is 390. The molecule has 1 aliphatic rings. The summed E-state index contributed by atoms with van der Waals surface area (Å²) in [5.41, 5.74) is 7.56. The van der Waals surface area contributed by atoms with E-state index in [0.717, 1.165) is 17.8 Å². The number of allylic oxidation sites excluding steroid dienone is 2. The van der Waals surface area contributed by atoms with Crippen LogP contribution in [-0.4, -0.2) is 5.54 Å². The lowest BCUT2D eigenvalue weighted by atomic mass is 9.93. The zero-order valence-corrected chi connectivity index (χ0v) is 8.90. The number of hydrogen-bond donors (Lipinski definition) is 2. The number of nitrogens with one attached hydrogen (secondary N) is 1. The average Bonchev–Trinajstić information content (AvgIpc) is 2.22. The molecule has 2 nitrogen and oxygen atoms in total. The summed E-state index contributed by atoms with van der Waals surface area (Å²) in [7, 11) is 0. The van der Waals surface area contributed by atoms with E-state index in [1.165, 1.54) is 0 Å². The highest BCUT2D eigenvalue weighted by molar-refractivity contribution is 5.53. The Morgan fingerprint density at radius 2 is 1.93 bits per heavy atom. The van der Waals surface area contributed by atoms with Gasteiger partial charge in [0, 0.05) is 11.4 Å². The maximum atomic E-state index is 5.64. The van der Waals surface area contributed by atoms with Gasteiger partial charge in [0.15, 0.2) is 0 Å². The van der Waals surface area contributed by atoms with Gasteiger partial charge in [0.05, 0.1) is 5.54 Å². The molecule has 0 amide bonds. The summed E-state index contributed by atoms with van der Waals surface area (Å²) in [6, 6.07) is 7.83. The summed E-state index contributed by atoms with van der Waals surface area (Å²) in [6.45, 7) is 2.18. The molecule has 1 unspecified atom stereocenters. The van der Waals surface area contributed by atoms with Crippen LogP contribution in [0.5, 0.6) is 0 Å². The minimum Gasteiger partial charge on any atom is -0.399 e. The van der Waals surface area contributed by atoms with Crippen molar-refractivity contribution in [3.63, 3.8) is 0 Å². The lowest BCUT2D eigenvalue weighted by Crippen LogP contribution is -2.32. The first-order valence-electron chi connectivity index (χ1n) is 5.16. The van der Waals surface area contributed by atoms with Gasteiger partial charge in [0.2, 0.25) is 0 Å². The van der Waals surface area contributed by atoms with E-state index in [9.17, 15) is 0 Å². The maximum Gasteiger partial charge on any atom is 0.0565 e. The number of anilines is 2. The fourth-order valence-corrected chi connectivity index (χ4v) is 1.72. The molecule has 1 aromatic carbocycles. The minimum atomic E-state index is 0.0187. The van der Waals surface area contributed by atoms with Crippen molar-refractivity contribution in [2.45, 2.75) is 18.9 Å². The second kappa shape index (κ2) is 3.81. The first-order chi connectivity index (χ1) is 7.18. The van der Waals surface area contributed by atoms with Gasteiger partial charge in [0.1, 0.15) is 0 Å². The van der Waals surface area contributed by atoms with Gasteiger partial charge >= 0.3 is 0 Å². The van der Waals surface area contributed by atoms with E-state index in [-0.39, 0.29) is 5.54 Å². The van der Waals surface area contributed by atoms with E-state index in [4.69, 9.17) is 5.73 Å². The SMILES string of the molecule is CC1(Nc2ccc(N)cc2)C=CC=CC1. The summed E-state index contributed by atoms with van der Waals surface area (Å²) in [5, 5.41) is 3.49. The van der Waals surface area contributed by atoms with Crippen LogP contribution in [0.4, 0.5) is 11.4 Å². The zero-order chi connectivity index (χ0) is 10.7. The molecule has 0 bridgehead atoms. The van der Waals surface area contributed by atoms with Crippen LogP contribution < -0.4 is 11.1 Å². The van der Waals surface area contributed by atoms with Gasteiger partial charge in [-0.1, -0.05) is 24.3 Å². The van der Waals surface area contributed by atoms with Gasteiger partial charge in [0.25, 0.3) is 0 Å². The molecular formula is C13H16N2. The standard InChI is InChI=1S/C13H16N2/c1-13(9-3-2-4-10-13)15-12-7-5-11(14)6-8-12/h2-9,15H,10,14H2,1H3. The van der Waals surface area contributed by atoms with E-state index in [1.807, 2.05) is 24.3 Å². The molecule has 0 saturated heterocycles. The highest BCUT2D eigenvalue weighted by Crippen LogP contribution is 2.23. The van der Waals surface area contributed by atoms with Crippen LogP contribution in [0.25, 0.3) is 0 Å². The van der Waals surface area contributed by atoms with Crippen molar-refractivity contribution in [2.24, 2.45) is 0 Å². The van der Waals surface area contributed by atoms with Crippen molar-refractivity contribution in [1.82, 2.24) is 0 Å². The predicted octanol–water partition coefficient (Wildman–Crippen LogP) is 2.96. The van der Waals surface area contributed by atoms with Crippen molar-refractivity contribution < 1.29 is 0 Å². The zero-order valence-electron chi connectivity index (χ0n) is 8.90. The van der Waals surface area contributed by atoms with E-state index in [0.29, 0.717) is 0 Å². The Hall–Kier alpha value is -1.70. The molecule has 1 atom stereocenters. The highest BCUT2D eigenvalue weighted by atomic mass is 15.0. The third-order valence-electron chi connectivity index (χ3n) is 2.59. The Morgan fingerprint density at radius 1 is 1.20 bits per heavy atom. The molecule has 0 radical (unpaired) electrons. The number of benzene rings is 1. The smallest absolute Gasteiger partial charge is 0.0565 e. The van der Waals surface area contributed by atoms with Gasteiger partial charge in [-0.2, -0.15) is 0 Å². The van der Waals surface area contributed by atoms with Gasteiger partial charge in [-0.15, -0.1) is 0 Å². The Balaban J connectivity index is 2.11. The summed E-state index contributed by atoms with van der Waals surface area (Å²) in [6.07, 6.45) is 9.52. The number of nitrogens with two attached hydrogens (primary N) is 1. The summed E-state index contributed by atoms with van der Waals surface area (Å²) in [4.78, 5) is 0. The molecule has 78 valence electrons. The lowest BCUT2D eigenvalue weighted by Gasteiger charge is -2.29. The first kappa shape index (κ1) is 9.84. The van der Waals surface area contributed by atoms with Crippen LogP contribution in [0.1, 0.15) is 13.3 Å². The average molecular weight is 200 g/mol. The topological polar surface area (TPSA) is 38.0 Å². The predicted molar refractivity (Wildman–Crippen MR) is 65.8 cm³/mol. The van der Waals surface area contributed by atoms with Gasteiger partial charge in [-0.05, 0) is 37.6 Å². The molecule has 0 heterocycles. The van der Waals surface area contributed by atoms with Crippen LogP contribution in [0.2, 0.25) is 0 Å². The Labute approximate surface area is 90.5 Å². The van der Waals surface area contributed by atoms with Crippen molar-refractivity contribution in [3.8, 4) is 0 Å². The number of nitrogen functional groups attached to an aromatic ring is 1. The monoisotopic (exact) mass is 200 g/mol. The Morgan fingerprint density at radius 3 is 2.53 bits per heavy atom. The Kier molecular flexibility index (Phi) is 2.50. The second-order valence-electron chi connectivity index (χ2n) is 4.16. The van der Waals surface area contributed by atoms with Crippen LogP contribution in [0.15, 0.2) is 48.6 Å². The van der Waals surface area contributed by atoms with E-state index < -0.39 is 0 Å². The first-order valence-corrected chi connectivity index (χ1v) is 5.16. The maximum absolute atomic E-state index is 5.64. The molecule has 15 heavy (non-hydrogen) atoms. The molecule has 1 aromatic rings. The van der Waals surface area contributed by atoms with Crippen LogP contribution in [-0.2, 0) is 0 Å². The minimum absolute atomic E-state index is 0.0187. The number of hydrogen-bond acceptors (Lipinski definition) is 2. The second-order valence-corrected chi connectivity index (χ2v) is 4.16. The molecule has 1 aliphatic carbocycles. The van der Waals surface area contributed by atoms with Gasteiger partial charge in [-0.25, -0.2) is 0 Å². The van der Waals surface area contributed by atoms with Crippen molar-refractivity contribution in [2.75, 3.05) is 11.1 Å². The molecule has 0 aliphatic heterocycles. The molecule has 2 heteroatoms. The molecule has 3 N–H and O–H groups in total. The summed E-state index contributed by atoms with van der Waals surface area (Å²) in [5.74, 6) is 0. The van der Waals surface area contributed by atoms with Crippen LogP contribution in [0, 0.1) is 0 Å². The van der Waals surface area contributed by atoms with Crippen molar-refractivity contribution in [3.05, 3.63) is 48.6 Å². The number of rotatable bonds is 2. The van der Waals surface area contributed by atoms with E-state index in [1.54, 1.807) is 0 Å². The third-order valence-corrected chi connectivity index (χ3v) is 2.59.